The molecular weight excluding hydrogens is 588 g/mol. The maximum absolute atomic E-state index is 13.5. The number of nitrogens with one attached hydrogen (secondary N) is 1. The van der Waals surface area contributed by atoms with Gasteiger partial charge in [-0.3, -0.25) is 14.9 Å². The van der Waals surface area contributed by atoms with E-state index in [0.717, 1.165) is 20.5 Å². The molecule has 4 amide bonds. The first-order chi connectivity index (χ1) is 19.9. The molecule has 0 saturated carbocycles. The maximum atomic E-state index is 13.5. The molecule has 0 atom stereocenters. The summed E-state index contributed by atoms with van der Waals surface area (Å²) in [5.74, 6) is -0.0345. The van der Waals surface area contributed by atoms with Crippen molar-refractivity contribution in [3.63, 3.8) is 0 Å². The third-order valence-corrected chi connectivity index (χ3v) is 6.80. The Balaban J connectivity index is 1.37. The maximum Gasteiger partial charge on any atom is 0.335 e. The Kier molecular flexibility index (Phi) is 8.45. The molecule has 4 aromatic carbocycles. The monoisotopic (exact) mass is 612 g/mol. The Labute approximate surface area is 245 Å². The fourth-order valence-electron chi connectivity index (χ4n) is 4.11. The van der Waals surface area contributed by atoms with Crippen LogP contribution in [0.4, 0.5) is 10.5 Å². The first-order valence-electron chi connectivity index (χ1n) is 12.6. The molecule has 1 N–H and O–H groups in total. The Bertz CT molecular complexity index is 1600. The number of barbiturate groups is 1. The van der Waals surface area contributed by atoms with E-state index in [4.69, 9.17) is 14.2 Å². The number of nitrogens with zero attached hydrogens (tertiary/aromatic N) is 1. The lowest BCUT2D eigenvalue weighted by Gasteiger charge is -2.26. The summed E-state index contributed by atoms with van der Waals surface area (Å²) in [7, 11) is 1.53. The van der Waals surface area contributed by atoms with E-state index in [1.165, 1.54) is 13.2 Å². The molecule has 1 heterocycles. The Hall–Kier alpha value is -4.89. The number of imide groups is 2. The largest absolute Gasteiger partial charge is 0.497 e. The molecule has 4 aromatic rings. The van der Waals surface area contributed by atoms with Crippen molar-refractivity contribution < 1.29 is 28.6 Å². The first kappa shape index (κ1) is 27.7. The lowest BCUT2D eigenvalue weighted by molar-refractivity contribution is -0.122. The Morgan fingerprint density at radius 2 is 1.44 bits per heavy atom. The van der Waals surface area contributed by atoms with Gasteiger partial charge >= 0.3 is 6.03 Å². The molecule has 0 aromatic heterocycles. The fraction of sp³-hybridized carbons (Fsp3) is 0.0938. The molecular formula is C32H25BrN2O6. The molecule has 5 rings (SSSR count). The summed E-state index contributed by atoms with van der Waals surface area (Å²) < 4.78 is 18.1. The van der Waals surface area contributed by atoms with Gasteiger partial charge in [-0.05, 0) is 65.7 Å². The van der Waals surface area contributed by atoms with E-state index in [1.807, 2.05) is 54.6 Å². The average Bonchev–Trinajstić information content (AvgIpc) is 2.99. The number of hydrogen-bond donors (Lipinski definition) is 1. The standard InChI is InChI=1S/C32H25BrN2O6/c1-39-27-14-9-23(29(18-27)41-20-22-7-10-24(33)11-8-22)17-28-30(36)34-32(38)35(31(28)37)25-12-15-26(16-13-25)40-19-21-5-3-2-4-6-21/h2-18H,19-20H2,1H3,(H,34,36,38)/b28-17+. The van der Waals surface area contributed by atoms with Crippen LogP contribution in [0, 0.1) is 0 Å². The minimum atomic E-state index is -0.837. The van der Waals surface area contributed by atoms with Crippen LogP contribution in [0.25, 0.3) is 6.08 Å². The first-order valence-corrected chi connectivity index (χ1v) is 13.4. The second-order valence-electron chi connectivity index (χ2n) is 9.04. The number of ether oxygens (including phenoxy) is 3. The van der Waals surface area contributed by atoms with Crippen LogP contribution in [0.5, 0.6) is 17.2 Å². The van der Waals surface area contributed by atoms with Crippen molar-refractivity contribution in [2.45, 2.75) is 13.2 Å². The summed E-state index contributed by atoms with van der Waals surface area (Å²) in [6.45, 7) is 0.624. The van der Waals surface area contributed by atoms with E-state index in [-0.39, 0.29) is 12.2 Å². The van der Waals surface area contributed by atoms with Gasteiger partial charge in [0.15, 0.2) is 0 Å². The number of halogens is 1. The van der Waals surface area contributed by atoms with Crippen molar-refractivity contribution in [2.24, 2.45) is 0 Å². The summed E-state index contributed by atoms with van der Waals surface area (Å²) in [5, 5.41) is 2.25. The van der Waals surface area contributed by atoms with Gasteiger partial charge in [-0.15, -0.1) is 0 Å². The van der Waals surface area contributed by atoms with Gasteiger partial charge in [-0.2, -0.15) is 0 Å². The number of carbonyl (C=O) groups excluding carboxylic acids is 3. The third kappa shape index (κ3) is 6.64. The van der Waals surface area contributed by atoms with Gasteiger partial charge in [0.2, 0.25) is 0 Å². The molecule has 0 spiro atoms. The highest BCUT2D eigenvalue weighted by atomic mass is 79.9. The molecule has 1 aliphatic heterocycles. The van der Waals surface area contributed by atoms with Crippen LogP contribution in [0.2, 0.25) is 0 Å². The third-order valence-electron chi connectivity index (χ3n) is 6.27. The van der Waals surface area contributed by atoms with Crippen LogP contribution in [-0.2, 0) is 22.8 Å². The van der Waals surface area contributed by atoms with Gasteiger partial charge in [0.1, 0.15) is 36.0 Å². The van der Waals surface area contributed by atoms with Gasteiger partial charge in [-0.1, -0.05) is 58.4 Å². The quantitative estimate of drug-likeness (QED) is 0.176. The number of anilines is 1. The van der Waals surface area contributed by atoms with Crippen LogP contribution in [0.3, 0.4) is 0 Å². The molecule has 206 valence electrons. The zero-order valence-electron chi connectivity index (χ0n) is 22.0. The predicted molar refractivity (Wildman–Crippen MR) is 158 cm³/mol. The number of rotatable bonds is 9. The second kappa shape index (κ2) is 12.5. The minimum absolute atomic E-state index is 0.215. The topological polar surface area (TPSA) is 94.2 Å². The Morgan fingerprint density at radius 1 is 0.780 bits per heavy atom. The van der Waals surface area contributed by atoms with Crippen LogP contribution in [0.15, 0.2) is 107 Å². The molecule has 8 nitrogen and oxygen atoms in total. The summed E-state index contributed by atoms with van der Waals surface area (Å²) in [5.41, 5.74) is 2.48. The van der Waals surface area contributed by atoms with Crippen LogP contribution in [-0.4, -0.2) is 25.0 Å². The van der Waals surface area contributed by atoms with Crippen LogP contribution < -0.4 is 24.4 Å². The molecule has 1 fully saturated rings. The second-order valence-corrected chi connectivity index (χ2v) is 9.96. The average molecular weight is 613 g/mol. The van der Waals surface area contributed by atoms with E-state index in [2.05, 4.69) is 21.2 Å². The van der Waals surface area contributed by atoms with Crippen molar-refractivity contribution in [3.8, 4) is 17.2 Å². The molecule has 0 aliphatic carbocycles. The molecule has 0 unspecified atom stereocenters. The van der Waals surface area contributed by atoms with Crippen molar-refractivity contribution >= 4 is 45.5 Å². The number of urea groups is 1. The lowest BCUT2D eigenvalue weighted by Crippen LogP contribution is -2.54. The molecule has 0 radical (unpaired) electrons. The van der Waals surface area contributed by atoms with Gasteiger partial charge in [0.25, 0.3) is 11.8 Å². The van der Waals surface area contributed by atoms with Crippen molar-refractivity contribution in [1.29, 1.82) is 0 Å². The zero-order valence-corrected chi connectivity index (χ0v) is 23.6. The number of hydrogen-bond acceptors (Lipinski definition) is 6. The number of methoxy groups -OCH3 is 1. The summed E-state index contributed by atoms with van der Waals surface area (Å²) in [4.78, 5) is 39.9. The SMILES string of the molecule is COc1ccc(/C=C2\C(=O)NC(=O)N(c3ccc(OCc4ccccc4)cc3)C2=O)c(OCc2ccc(Br)cc2)c1. The zero-order chi connectivity index (χ0) is 28.8. The molecule has 9 heteroatoms. The number of amides is 4. The highest BCUT2D eigenvalue weighted by Gasteiger charge is 2.37. The van der Waals surface area contributed by atoms with Crippen molar-refractivity contribution in [2.75, 3.05) is 12.0 Å². The van der Waals surface area contributed by atoms with Gasteiger partial charge in [0, 0.05) is 16.1 Å². The molecule has 1 aliphatic rings. The van der Waals surface area contributed by atoms with E-state index >= 15 is 0 Å². The van der Waals surface area contributed by atoms with Crippen molar-refractivity contribution in [3.05, 3.63) is 124 Å². The molecule has 1 saturated heterocycles. The summed E-state index contributed by atoms with van der Waals surface area (Å²) in [6.07, 6.45) is 1.41. The fourth-order valence-corrected chi connectivity index (χ4v) is 4.37. The van der Waals surface area contributed by atoms with Crippen LogP contribution >= 0.6 is 15.9 Å². The van der Waals surface area contributed by atoms with Gasteiger partial charge < -0.3 is 14.2 Å². The van der Waals surface area contributed by atoms with Gasteiger partial charge in [0.05, 0.1) is 12.8 Å². The summed E-state index contributed by atoms with van der Waals surface area (Å²) in [6, 6.07) is 28.1. The van der Waals surface area contributed by atoms with E-state index in [0.29, 0.717) is 35.1 Å². The van der Waals surface area contributed by atoms with E-state index in [9.17, 15) is 14.4 Å². The Morgan fingerprint density at radius 3 is 2.15 bits per heavy atom. The summed E-state index contributed by atoms with van der Waals surface area (Å²) >= 11 is 3.41. The lowest BCUT2D eigenvalue weighted by atomic mass is 10.1. The minimum Gasteiger partial charge on any atom is -0.497 e. The van der Waals surface area contributed by atoms with Crippen LogP contribution in [0.1, 0.15) is 16.7 Å². The van der Waals surface area contributed by atoms with Crippen molar-refractivity contribution in [1.82, 2.24) is 5.32 Å². The normalized spacial score (nSPS) is 14.1. The van der Waals surface area contributed by atoms with E-state index in [1.54, 1.807) is 42.5 Å². The highest BCUT2D eigenvalue weighted by Crippen LogP contribution is 2.30. The molecule has 0 bridgehead atoms. The molecule has 41 heavy (non-hydrogen) atoms. The van der Waals surface area contributed by atoms with E-state index < -0.39 is 17.8 Å². The predicted octanol–water partition coefficient (Wildman–Crippen LogP) is 6.28. The number of carbonyl (C=O) groups is 3. The number of benzene rings is 4. The smallest absolute Gasteiger partial charge is 0.335 e. The van der Waals surface area contributed by atoms with Gasteiger partial charge in [-0.25, -0.2) is 9.69 Å². The highest BCUT2D eigenvalue weighted by molar-refractivity contribution is 9.10.